The number of benzene rings is 2. The summed E-state index contributed by atoms with van der Waals surface area (Å²) >= 11 is 0. The Balaban J connectivity index is 1.87. The molecule has 0 aromatic heterocycles. The minimum Gasteiger partial charge on any atom is -0.497 e. The van der Waals surface area contributed by atoms with Gasteiger partial charge in [-0.2, -0.15) is 0 Å². The quantitative estimate of drug-likeness (QED) is 0.444. The monoisotopic (exact) mass is 326 g/mol. The zero-order valence-electron chi connectivity index (χ0n) is 13.5. The molecule has 0 saturated heterocycles. The van der Waals surface area contributed by atoms with E-state index in [9.17, 15) is 9.59 Å². The molecule has 0 aliphatic heterocycles. The standard InChI is InChI=1S/C19H18O5/c1-22-16-9-6-14(7-10-16)8-11-19(21)24-13-18(20)15-4-3-5-17(12-15)23-2/h3-12H,13H2,1-2H3/b11-8+. The molecule has 0 unspecified atom stereocenters. The third kappa shape index (κ3) is 4.98. The van der Waals surface area contributed by atoms with Crippen LogP contribution in [0.25, 0.3) is 6.08 Å². The molecule has 0 amide bonds. The van der Waals surface area contributed by atoms with Crippen LogP contribution in [-0.2, 0) is 9.53 Å². The van der Waals surface area contributed by atoms with Crippen molar-refractivity contribution in [2.75, 3.05) is 20.8 Å². The number of carbonyl (C=O) groups excluding carboxylic acids is 2. The highest BCUT2D eigenvalue weighted by Crippen LogP contribution is 2.14. The largest absolute Gasteiger partial charge is 0.497 e. The van der Waals surface area contributed by atoms with Crippen molar-refractivity contribution in [2.24, 2.45) is 0 Å². The molecular formula is C19H18O5. The third-order valence-corrected chi connectivity index (χ3v) is 3.26. The van der Waals surface area contributed by atoms with Gasteiger partial charge in [-0.3, -0.25) is 4.79 Å². The van der Waals surface area contributed by atoms with Gasteiger partial charge in [-0.25, -0.2) is 4.79 Å². The molecule has 2 aromatic rings. The van der Waals surface area contributed by atoms with Crippen LogP contribution in [0.5, 0.6) is 11.5 Å². The van der Waals surface area contributed by atoms with Crippen molar-refractivity contribution in [1.29, 1.82) is 0 Å². The van der Waals surface area contributed by atoms with E-state index in [1.54, 1.807) is 49.6 Å². The number of esters is 1. The van der Waals surface area contributed by atoms with Gasteiger partial charge < -0.3 is 14.2 Å². The summed E-state index contributed by atoms with van der Waals surface area (Å²) in [7, 11) is 3.11. The van der Waals surface area contributed by atoms with Crippen LogP contribution in [0.4, 0.5) is 0 Å². The molecule has 0 atom stereocenters. The molecule has 124 valence electrons. The van der Waals surface area contributed by atoms with Gasteiger partial charge in [0.05, 0.1) is 14.2 Å². The Bertz CT molecular complexity index is 732. The van der Waals surface area contributed by atoms with Gasteiger partial charge in [-0.1, -0.05) is 24.3 Å². The molecule has 24 heavy (non-hydrogen) atoms. The van der Waals surface area contributed by atoms with Crippen LogP contribution in [0.3, 0.4) is 0 Å². The highest BCUT2D eigenvalue weighted by atomic mass is 16.5. The maximum Gasteiger partial charge on any atom is 0.331 e. The van der Waals surface area contributed by atoms with Crippen molar-refractivity contribution >= 4 is 17.8 Å². The molecule has 0 N–H and O–H groups in total. The molecular weight excluding hydrogens is 308 g/mol. The number of Topliss-reactive ketones (excluding diaryl/α,β-unsaturated/α-hetero) is 1. The molecule has 5 nitrogen and oxygen atoms in total. The Morgan fingerprint density at radius 3 is 2.33 bits per heavy atom. The summed E-state index contributed by atoms with van der Waals surface area (Å²) in [5.41, 5.74) is 1.26. The first-order valence-corrected chi connectivity index (χ1v) is 7.28. The number of ketones is 1. The molecule has 0 aliphatic rings. The SMILES string of the molecule is COc1ccc(/C=C/C(=O)OCC(=O)c2cccc(OC)c2)cc1. The first-order chi connectivity index (χ1) is 11.6. The number of ether oxygens (including phenoxy) is 3. The lowest BCUT2D eigenvalue weighted by Gasteiger charge is -2.04. The van der Waals surface area contributed by atoms with Gasteiger partial charge in [0.15, 0.2) is 12.4 Å². The fourth-order valence-electron chi connectivity index (χ4n) is 1.94. The van der Waals surface area contributed by atoms with E-state index >= 15 is 0 Å². The number of methoxy groups -OCH3 is 2. The van der Waals surface area contributed by atoms with E-state index in [-0.39, 0.29) is 12.4 Å². The fraction of sp³-hybridized carbons (Fsp3) is 0.158. The van der Waals surface area contributed by atoms with E-state index < -0.39 is 5.97 Å². The van der Waals surface area contributed by atoms with Crippen molar-refractivity contribution < 1.29 is 23.8 Å². The summed E-state index contributed by atoms with van der Waals surface area (Å²) in [4.78, 5) is 23.7. The number of hydrogen-bond donors (Lipinski definition) is 0. The average molecular weight is 326 g/mol. The molecule has 0 radical (unpaired) electrons. The summed E-state index contributed by atoms with van der Waals surface area (Å²) in [6.45, 7) is -0.320. The third-order valence-electron chi connectivity index (χ3n) is 3.26. The van der Waals surface area contributed by atoms with Crippen LogP contribution in [-0.4, -0.2) is 32.6 Å². The van der Waals surface area contributed by atoms with Gasteiger partial charge >= 0.3 is 5.97 Å². The smallest absolute Gasteiger partial charge is 0.331 e. The minimum atomic E-state index is -0.581. The van der Waals surface area contributed by atoms with E-state index in [1.807, 2.05) is 12.1 Å². The molecule has 0 spiro atoms. The van der Waals surface area contributed by atoms with Crippen molar-refractivity contribution in [3.05, 3.63) is 65.7 Å². The van der Waals surface area contributed by atoms with Gasteiger partial charge in [-0.05, 0) is 35.9 Å². The van der Waals surface area contributed by atoms with Crippen molar-refractivity contribution in [2.45, 2.75) is 0 Å². The normalized spacial score (nSPS) is 10.4. The molecule has 0 saturated carbocycles. The molecule has 2 aromatic carbocycles. The molecule has 0 fully saturated rings. The Morgan fingerprint density at radius 1 is 0.958 bits per heavy atom. The Hall–Kier alpha value is -3.08. The second-order valence-corrected chi connectivity index (χ2v) is 4.87. The van der Waals surface area contributed by atoms with Crippen molar-refractivity contribution in [3.8, 4) is 11.5 Å². The maximum atomic E-state index is 12.0. The van der Waals surface area contributed by atoms with E-state index in [1.165, 1.54) is 13.2 Å². The van der Waals surface area contributed by atoms with Gasteiger partial charge in [0.2, 0.25) is 0 Å². The number of hydrogen-bond acceptors (Lipinski definition) is 5. The number of carbonyl (C=O) groups is 2. The van der Waals surface area contributed by atoms with Gasteiger partial charge in [-0.15, -0.1) is 0 Å². The van der Waals surface area contributed by atoms with Gasteiger partial charge in [0, 0.05) is 11.6 Å². The predicted molar refractivity (Wildman–Crippen MR) is 90.3 cm³/mol. The molecule has 2 rings (SSSR count). The molecule has 0 aliphatic carbocycles. The van der Waals surface area contributed by atoms with Gasteiger partial charge in [0.1, 0.15) is 11.5 Å². The predicted octanol–water partition coefficient (Wildman–Crippen LogP) is 3.14. The highest BCUT2D eigenvalue weighted by Gasteiger charge is 2.09. The van der Waals surface area contributed by atoms with E-state index in [2.05, 4.69) is 0 Å². The van der Waals surface area contributed by atoms with Crippen LogP contribution in [0, 0.1) is 0 Å². The fourth-order valence-corrected chi connectivity index (χ4v) is 1.94. The number of rotatable bonds is 7. The Morgan fingerprint density at radius 2 is 1.67 bits per heavy atom. The average Bonchev–Trinajstić information content (AvgIpc) is 2.64. The van der Waals surface area contributed by atoms with Crippen LogP contribution >= 0.6 is 0 Å². The van der Waals surface area contributed by atoms with E-state index in [4.69, 9.17) is 14.2 Å². The van der Waals surface area contributed by atoms with Crippen LogP contribution in [0.15, 0.2) is 54.6 Å². The topological polar surface area (TPSA) is 61.8 Å². The summed E-state index contributed by atoms with van der Waals surface area (Å²) in [5.74, 6) is 0.437. The zero-order valence-corrected chi connectivity index (χ0v) is 13.5. The summed E-state index contributed by atoms with van der Waals surface area (Å²) in [6, 6.07) is 13.9. The summed E-state index contributed by atoms with van der Waals surface area (Å²) in [6.07, 6.45) is 2.89. The maximum absolute atomic E-state index is 12.0. The molecule has 0 heterocycles. The first-order valence-electron chi connectivity index (χ1n) is 7.28. The van der Waals surface area contributed by atoms with E-state index in [0.29, 0.717) is 11.3 Å². The Kier molecular flexibility index (Phi) is 6.14. The van der Waals surface area contributed by atoms with Crippen molar-refractivity contribution in [3.63, 3.8) is 0 Å². The molecule has 5 heteroatoms. The van der Waals surface area contributed by atoms with E-state index in [0.717, 1.165) is 11.3 Å². The van der Waals surface area contributed by atoms with Crippen LogP contribution in [0.1, 0.15) is 15.9 Å². The lowest BCUT2D eigenvalue weighted by atomic mass is 10.1. The lowest BCUT2D eigenvalue weighted by molar-refractivity contribution is -0.136. The van der Waals surface area contributed by atoms with Crippen molar-refractivity contribution in [1.82, 2.24) is 0 Å². The zero-order chi connectivity index (χ0) is 17.4. The summed E-state index contributed by atoms with van der Waals surface area (Å²) in [5, 5.41) is 0. The second-order valence-electron chi connectivity index (χ2n) is 4.87. The second kappa shape index (κ2) is 8.53. The minimum absolute atomic E-state index is 0.292. The van der Waals surface area contributed by atoms with Crippen LogP contribution in [0.2, 0.25) is 0 Å². The van der Waals surface area contributed by atoms with Crippen LogP contribution < -0.4 is 9.47 Å². The Labute approximate surface area is 140 Å². The lowest BCUT2D eigenvalue weighted by Crippen LogP contribution is -2.12. The summed E-state index contributed by atoms with van der Waals surface area (Å²) < 4.78 is 15.1. The van der Waals surface area contributed by atoms with Gasteiger partial charge in [0.25, 0.3) is 0 Å². The molecule has 0 bridgehead atoms. The highest BCUT2D eigenvalue weighted by molar-refractivity contribution is 5.99. The first kappa shape index (κ1) is 17.3.